The first-order chi connectivity index (χ1) is 11.8. The molecule has 1 aromatic heterocycles. The van der Waals surface area contributed by atoms with Gasteiger partial charge in [-0.1, -0.05) is 24.4 Å². The van der Waals surface area contributed by atoms with Gasteiger partial charge in [0.05, 0.1) is 0 Å². The summed E-state index contributed by atoms with van der Waals surface area (Å²) in [6.45, 7) is 1.74. The molecule has 3 fully saturated rings. The number of hydrogen-bond donors (Lipinski definition) is 1. The molecular weight excluding hydrogens is 304 g/mol. The quantitative estimate of drug-likeness (QED) is 0.898. The molecule has 0 spiro atoms. The SMILES string of the molecule is O=C(NC1CCCCC1)N1CCC(CCc2noc(C3CC3)n2)C1. The molecule has 1 saturated heterocycles. The second-order valence-electron chi connectivity index (χ2n) is 7.75. The van der Waals surface area contributed by atoms with Crippen LogP contribution in [0, 0.1) is 5.92 Å². The van der Waals surface area contributed by atoms with Crippen molar-refractivity contribution in [2.24, 2.45) is 5.92 Å². The molecule has 132 valence electrons. The Balaban J connectivity index is 1.20. The summed E-state index contributed by atoms with van der Waals surface area (Å²) in [4.78, 5) is 18.9. The fraction of sp³-hybridized carbons (Fsp3) is 0.833. The summed E-state index contributed by atoms with van der Waals surface area (Å²) in [6, 6.07) is 0.533. The molecular formula is C18H28N4O2. The average molecular weight is 332 g/mol. The van der Waals surface area contributed by atoms with Crippen molar-refractivity contribution >= 4 is 6.03 Å². The predicted octanol–water partition coefficient (Wildman–Crippen LogP) is 3.24. The first-order valence-electron chi connectivity index (χ1n) is 9.66. The van der Waals surface area contributed by atoms with E-state index in [1.54, 1.807) is 0 Å². The van der Waals surface area contributed by atoms with E-state index in [1.165, 1.54) is 32.1 Å². The van der Waals surface area contributed by atoms with Crippen molar-refractivity contribution < 1.29 is 9.32 Å². The molecule has 1 aromatic rings. The number of carbonyl (C=O) groups excluding carboxylic acids is 1. The molecule has 1 unspecified atom stereocenters. The maximum atomic E-state index is 12.4. The van der Waals surface area contributed by atoms with Crippen LogP contribution in [0.4, 0.5) is 4.79 Å². The van der Waals surface area contributed by atoms with Crippen LogP contribution >= 0.6 is 0 Å². The molecule has 2 saturated carbocycles. The highest BCUT2D eigenvalue weighted by Crippen LogP contribution is 2.38. The van der Waals surface area contributed by atoms with E-state index in [9.17, 15) is 4.79 Å². The van der Waals surface area contributed by atoms with Gasteiger partial charge in [0, 0.05) is 31.5 Å². The molecule has 3 aliphatic rings. The zero-order valence-electron chi connectivity index (χ0n) is 14.4. The van der Waals surface area contributed by atoms with Crippen molar-refractivity contribution in [3.63, 3.8) is 0 Å². The molecule has 1 N–H and O–H groups in total. The Labute approximate surface area is 143 Å². The summed E-state index contributed by atoms with van der Waals surface area (Å²) in [5.41, 5.74) is 0. The lowest BCUT2D eigenvalue weighted by Gasteiger charge is -2.26. The van der Waals surface area contributed by atoms with E-state index in [1.807, 2.05) is 4.90 Å². The van der Waals surface area contributed by atoms with Gasteiger partial charge in [-0.3, -0.25) is 0 Å². The monoisotopic (exact) mass is 332 g/mol. The molecule has 6 nitrogen and oxygen atoms in total. The number of hydrogen-bond acceptors (Lipinski definition) is 4. The van der Waals surface area contributed by atoms with Gasteiger partial charge in [-0.2, -0.15) is 4.98 Å². The summed E-state index contributed by atoms with van der Waals surface area (Å²) in [5, 5.41) is 7.32. The molecule has 0 bridgehead atoms. The zero-order valence-corrected chi connectivity index (χ0v) is 14.4. The third kappa shape index (κ3) is 3.90. The fourth-order valence-corrected chi connectivity index (χ4v) is 3.96. The molecule has 24 heavy (non-hydrogen) atoms. The van der Waals surface area contributed by atoms with Crippen LogP contribution in [0.2, 0.25) is 0 Å². The van der Waals surface area contributed by atoms with E-state index >= 15 is 0 Å². The summed E-state index contributed by atoms with van der Waals surface area (Å²) < 4.78 is 5.31. The molecule has 0 aromatic carbocycles. The number of aryl methyl sites for hydroxylation is 1. The molecule has 2 heterocycles. The van der Waals surface area contributed by atoms with Crippen LogP contribution in [-0.4, -0.2) is 40.2 Å². The van der Waals surface area contributed by atoms with Crippen LogP contribution in [0.25, 0.3) is 0 Å². The van der Waals surface area contributed by atoms with Gasteiger partial charge in [0.2, 0.25) is 5.89 Å². The Hall–Kier alpha value is -1.59. The van der Waals surface area contributed by atoms with Gasteiger partial charge < -0.3 is 14.7 Å². The minimum Gasteiger partial charge on any atom is -0.339 e. The standard InChI is InChI=1S/C18H28N4O2/c23-18(19-15-4-2-1-3-5-15)22-11-10-13(12-22)6-9-16-20-17(24-21-16)14-7-8-14/h13-15H,1-12H2,(H,19,23). The molecule has 1 atom stereocenters. The van der Waals surface area contributed by atoms with Gasteiger partial charge in [0.1, 0.15) is 0 Å². The Morgan fingerprint density at radius 3 is 2.79 bits per heavy atom. The molecule has 2 aliphatic carbocycles. The van der Waals surface area contributed by atoms with Gasteiger partial charge in [-0.15, -0.1) is 0 Å². The highest BCUT2D eigenvalue weighted by molar-refractivity contribution is 5.74. The smallest absolute Gasteiger partial charge is 0.317 e. The summed E-state index contributed by atoms with van der Waals surface area (Å²) in [6.07, 6.45) is 11.5. The molecule has 0 radical (unpaired) electrons. The largest absolute Gasteiger partial charge is 0.339 e. The lowest BCUT2D eigenvalue weighted by atomic mass is 9.96. The van der Waals surface area contributed by atoms with E-state index in [0.29, 0.717) is 17.9 Å². The maximum absolute atomic E-state index is 12.4. The number of nitrogens with one attached hydrogen (secondary N) is 1. The van der Waals surface area contributed by atoms with Gasteiger partial charge in [-0.05, 0) is 44.4 Å². The van der Waals surface area contributed by atoms with Crippen molar-refractivity contribution in [1.82, 2.24) is 20.4 Å². The van der Waals surface area contributed by atoms with Crippen LogP contribution in [-0.2, 0) is 6.42 Å². The van der Waals surface area contributed by atoms with E-state index in [-0.39, 0.29) is 6.03 Å². The Morgan fingerprint density at radius 1 is 1.17 bits per heavy atom. The number of aromatic nitrogens is 2. The number of amides is 2. The van der Waals surface area contributed by atoms with E-state index in [2.05, 4.69) is 15.5 Å². The predicted molar refractivity (Wildman–Crippen MR) is 89.7 cm³/mol. The van der Waals surface area contributed by atoms with Crippen LogP contribution in [0.1, 0.15) is 75.4 Å². The van der Waals surface area contributed by atoms with Crippen LogP contribution in [0.5, 0.6) is 0 Å². The number of rotatable bonds is 5. The minimum atomic E-state index is 0.139. The highest BCUT2D eigenvalue weighted by atomic mass is 16.5. The number of likely N-dealkylation sites (tertiary alicyclic amines) is 1. The highest BCUT2D eigenvalue weighted by Gasteiger charge is 2.30. The Morgan fingerprint density at radius 2 is 2.00 bits per heavy atom. The van der Waals surface area contributed by atoms with Crippen molar-refractivity contribution in [3.05, 3.63) is 11.7 Å². The second kappa shape index (κ2) is 7.11. The van der Waals surface area contributed by atoms with E-state index in [4.69, 9.17) is 4.52 Å². The molecule has 2 amide bonds. The van der Waals surface area contributed by atoms with Gasteiger partial charge >= 0.3 is 6.03 Å². The van der Waals surface area contributed by atoms with E-state index in [0.717, 1.165) is 56.9 Å². The third-order valence-electron chi connectivity index (χ3n) is 5.69. The number of nitrogens with zero attached hydrogens (tertiary/aromatic N) is 3. The summed E-state index contributed by atoms with van der Waals surface area (Å²) in [5.74, 6) is 2.74. The molecule has 4 rings (SSSR count). The van der Waals surface area contributed by atoms with Gasteiger partial charge in [0.25, 0.3) is 0 Å². The van der Waals surface area contributed by atoms with Crippen LogP contribution < -0.4 is 5.32 Å². The first kappa shape index (κ1) is 15.9. The first-order valence-corrected chi connectivity index (χ1v) is 9.66. The second-order valence-corrected chi connectivity index (χ2v) is 7.75. The van der Waals surface area contributed by atoms with Crippen LogP contribution in [0.3, 0.4) is 0 Å². The number of carbonyl (C=O) groups is 1. The molecule has 1 aliphatic heterocycles. The normalized spacial score (nSPS) is 25.2. The zero-order chi connectivity index (χ0) is 16.4. The van der Waals surface area contributed by atoms with Crippen molar-refractivity contribution in [3.8, 4) is 0 Å². The van der Waals surface area contributed by atoms with Gasteiger partial charge in [0.15, 0.2) is 5.82 Å². The van der Waals surface area contributed by atoms with Crippen molar-refractivity contribution in [2.75, 3.05) is 13.1 Å². The average Bonchev–Trinajstić information content (AvgIpc) is 3.16. The Kier molecular flexibility index (Phi) is 4.72. The van der Waals surface area contributed by atoms with Crippen molar-refractivity contribution in [1.29, 1.82) is 0 Å². The number of urea groups is 1. The van der Waals surface area contributed by atoms with Crippen molar-refractivity contribution in [2.45, 2.75) is 76.2 Å². The Bertz CT molecular complexity index is 563. The topological polar surface area (TPSA) is 71.3 Å². The van der Waals surface area contributed by atoms with Crippen LogP contribution in [0.15, 0.2) is 4.52 Å². The maximum Gasteiger partial charge on any atom is 0.317 e. The van der Waals surface area contributed by atoms with Gasteiger partial charge in [-0.25, -0.2) is 4.79 Å². The summed E-state index contributed by atoms with van der Waals surface area (Å²) >= 11 is 0. The fourth-order valence-electron chi connectivity index (χ4n) is 3.96. The minimum absolute atomic E-state index is 0.139. The summed E-state index contributed by atoms with van der Waals surface area (Å²) in [7, 11) is 0. The lowest BCUT2D eigenvalue weighted by Crippen LogP contribution is -2.44. The lowest BCUT2D eigenvalue weighted by molar-refractivity contribution is 0.198. The third-order valence-corrected chi connectivity index (χ3v) is 5.69. The van der Waals surface area contributed by atoms with E-state index < -0.39 is 0 Å². The molecule has 6 heteroatoms.